The van der Waals surface area contributed by atoms with E-state index in [1.807, 2.05) is 54.6 Å². The van der Waals surface area contributed by atoms with Gasteiger partial charge in [-0.1, -0.05) is 47.1 Å². The fourth-order valence-corrected chi connectivity index (χ4v) is 4.44. The van der Waals surface area contributed by atoms with Crippen LogP contribution in [0.2, 0.25) is 5.02 Å². The summed E-state index contributed by atoms with van der Waals surface area (Å²) in [5.41, 5.74) is 3.25. The minimum atomic E-state index is -0.275. The van der Waals surface area contributed by atoms with Gasteiger partial charge in [-0.05, 0) is 42.7 Å². The largest absolute Gasteiger partial charge is 0.296 e. The number of nitrogens with zero attached hydrogens (tertiary/aromatic N) is 4. The van der Waals surface area contributed by atoms with E-state index >= 15 is 0 Å². The lowest BCUT2D eigenvalue weighted by Crippen LogP contribution is -2.15. The SMILES string of the molecule is O=C(Nc1ncc(Cc2cccc(Cl)c2)s1)c1nnn(-c2ccccc2)c1C1CC1. The van der Waals surface area contributed by atoms with Crippen LogP contribution in [0.25, 0.3) is 5.69 Å². The van der Waals surface area contributed by atoms with Gasteiger partial charge in [0, 0.05) is 28.4 Å². The van der Waals surface area contributed by atoms with E-state index in [4.69, 9.17) is 11.6 Å². The molecule has 1 N–H and O–H groups in total. The Labute approximate surface area is 182 Å². The first-order valence-corrected chi connectivity index (χ1v) is 10.9. The van der Waals surface area contributed by atoms with Crippen molar-refractivity contribution in [1.29, 1.82) is 0 Å². The van der Waals surface area contributed by atoms with Crippen LogP contribution in [-0.4, -0.2) is 25.9 Å². The van der Waals surface area contributed by atoms with Gasteiger partial charge in [0.15, 0.2) is 10.8 Å². The van der Waals surface area contributed by atoms with Gasteiger partial charge in [0.05, 0.1) is 11.4 Å². The second-order valence-electron chi connectivity index (χ2n) is 7.24. The van der Waals surface area contributed by atoms with Crippen LogP contribution in [0.3, 0.4) is 0 Å². The Morgan fingerprint density at radius 3 is 2.77 bits per heavy atom. The summed E-state index contributed by atoms with van der Waals surface area (Å²) in [7, 11) is 0. The first kappa shape index (κ1) is 19.0. The van der Waals surface area contributed by atoms with Crippen molar-refractivity contribution >= 4 is 34.0 Å². The summed E-state index contributed by atoms with van der Waals surface area (Å²) in [6.07, 6.45) is 4.58. The predicted molar refractivity (Wildman–Crippen MR) is 118 cm³/mol. The molecule has 5 rings (SSSR count). The first-order chi connectivity index (χ1) is 14.7. The van der Waals surface area contributed by atoms with Crippen LogP contribution in [-0.2, 0) is 6.42 Å². The van der Waals surface area contributed by atoms with Crippen LogP contribution in [0, 0.1) is 0 Å². The fraction of sp³-hybridized carbons (Fsp3) is 0.182. The van der Waals surface area contributed by atoms with Crippen molar-refractivity contribution in [3.63, 3.8) is 0 Å². The molecule has 0 atom stereocenters. The van der Waals surface area contributed by atoms with Crippen molar-refractivity contribution in [3.05, 3.63) is 87.6 Å². The molecule has 2 aromatic heterocycles. The highest BCUT2D eigenvalue weighted by Crippen LogP contribution is 2.42. The van der Waals surface area contributed by atoms with E-state index in [1.54, 1.807) is 10.9 Å². The number of thiazole rings is 1. The number of amides is 1. The number of nitrogens with one attached hydrogen (secondary N) is 1. The first-order valence-electron chi connectivity index (χ1n) is 9.69. The molecule has 0 spiro atoms. The van der Waals surface area contributed by atoms with Gasteiger partial charge in [0.25, 0.3) is 5.91 Å². The lowest BCUT2D eigenvalue weighted by molar-refractivity contribution is 0.102. The summed E-state index contributed by atoms with van der Waals surface area (Å²) in [5, 5.41) is 12.6. The van der Waals surface area contributed by atoms with Gasteiger partial charge in [-0.15, -0.1) is 16.4 Å². The molecule has 150 valence electrons. The van der Waals surface area contributed by atoms with E-state index in [1.165, 1.54) is 11.3 Å². The summed E-state index contributed by atoms with van der Waals surface area (Å²) in [6, 6.07) is 17.5. The number of rotatable bonds is 6. The van der Waals surface area contributed by atoms with Crippen molar-refractivity contribution in [2.75, 3.05) is 5.32 Å². The molecule has 0 radical (unpaired) electrons. The number of carbonyl (C=O) groups is 1. The average molecular weight is 436 g/mol. The van der Waals surface area contributed by atoms with Crippen LogP contribution in [0.15, 0.2) is 60.8 Å². The molecular formula is C22H18ClN5OS. The van der Waals surface area contributed by atoms with Gasteiger partial charge in [0.1, 0.15) is 0 Å². The zero-order valence-electron chi connectivity index (χ0n) is 16.0. The monoisotopic (exact) mass is 435 g/mol. The highest BCUT2D eigenvalue weighted by atomic mass is 35.5. The zero-order chi connectivity index (χ0) is 20.5. The van der Waals surface area contributed by atoms with E-state index in [2.05, 4.69) is 20.6 Å². The van der Waals surface area contributed by atoms with Crippen molar-refractivity contribution < 1.29 is 4.79 Å². The second-order valence-corrected chi connectivity index (χ2v) is 8.79. The van der Waals surface area contributed by atoms with Crippen molar-refractivity contribution in [1.82, 2.24) is 20.0 Å². The standard InChI is InChI=1S/C22H18ClN5OS/c23-16-6-4-5-14(11-16)12-18-13-24-22(30-18)25-21(29)19-20(15-9-10-15)28(27-26-19)17-7-2-1-3-8-17/h1-8,11,13,15H,9-10,12H2,(H,24,25,29). The summed E-state index contributed by atoms with van der Waals surface area (Å²) < 4.78 is 1.78. The summed E-state index contributed by atoms with van der Waals surface area (Å²) in [5.74, 6) is 0.0402. The highest BCUT2D eigenvalue weighted by Gasteiger charge is 2.34. The maximum atomic E-state index is 12.9. The molecule has 1 amide bonds. The fourth-order valence-electron chi connectivity index (χ4n) is 3.39. The van der Waals surface area contributed by atoms with Gasteiger partial charge in [-0.25, -0.2) is 9.67 Å². The molecule has 2 heterocycles. The maximum Gasteiger partial charge on any atom is 0.279 e. The maximum absolute atomic E-state index is 12.9. The summed E-state index contributed by atoms with van der Waals surface area (Å²) in [6.45, 7) is 0. The highest BCUT2D eigenvalue weighted by molar-refractivity contribution is 7.15. The molecule has 1 aliphatic rings. The summed E-state index contributed by atoms with van der Waals surface area (Å²) in [4.78, 5) is 18.3. The van der Waals surface area contributed by atoms with Crippen molar-refractivity contribution in [2.24, 2.45) is 0 Å². The van der Waals surface area contributed by atoms with Crippen LogP contribution < -0.4 is 5.32 Å². The molecule has 0 unspecified atom stereocenters. The molecule has 4 aromatic rings. The third kappa shape index (κ3) is 3.99. The lowest BCUT2D eigenvalue weighted by atomic mass is 10.1. The average Bonchev–Trinajstić information content (AvgIpc) is 3.34. The molecule has 2 aromatic carbocycles. The Balaban J connectivity index is 1.35. The van der Waals surface area contributed by atoms with Crippen LogP contribution >= 0.6 is 22.9 Å². The van der Waals surface area contributed by atoms with Gasteiger partial charge < -0.3 is 0 Å². The van der Waals surface area contributed by atoms with E-state index in [9.17, 15) is 4.79 Å². The van der Waals surface area contributed by atoms with E-state index in [0.717, 1.165) is 34.7 Å². The Kier molecular flexibility index (Phi) is 5.06. The van der Waals surface area contributed by atoms with E-state index in [-0.39, 0.29) is 5.91 Å². The molecule has 1 aliphatic carbocycles. The number of para-hydroxylation sites is 1. The van der Waals surface area contributed by atoms with E-state index in [0.29, 0.717) is 28.2 Å². The Bertz CT molecular complexity index is 1200. The molecule has 1 saturated carbocycles. The van der Waals surface area contributed by atoms with Crippen molar-refractivity contribution in [3.8, 4) is 5.69 Å². The molecule has 6 nitrogen and oxygen atoms in total. The van der Waals surface area contributed by atoms with Crippen LogP contribution in [0.4, 0.5) is 5.13 Å². The van der Waals surface area contributed by atoms with Gasteiger partial charge in [-0.2, -0.15) is 0 Å². The number of aromatic nitrogens is 4. The zero-order valence-corrected chi connectivity index (χ0v) is 17.5. The molecule has 1 fully saturated rings. The van der Waals surface area contributed by atoms with E-state index < -0.39 is 0 Å². The molecule has 8 heteroatoms. The number of hydrogen-bond acceptors (Lipinski definition) is 5. The molecule has 0 aliphatic heterocycles. The number of halogens is 1. The lowest BCUT2D eigenvalue weighted by Gasteiger charge is -2.06. The number of anilines is 1. The predicted octanol–water partition coefficient (Wildman–Crippen LogP) is 5.10. The minimum Gasteiger partial charge on any atom is -0.296 e. The third-order valence-corrected chi connectivity index (χ3v) is 6.07. The van der Waals surface area contributed by atoms with Crippen LogP contribution in [0.5, 0.6) is 0 Å². The topological polar surface area (TPSA) is 72.7 Å². The smallest absolute Gasteiger partial charge is 0.279 e. The number of benzene rings is 2. The summed E-state index contributed by atoms with van der Waals surface area (Å²) >= 11 is 7.51. The number of carbonyl (C=O) groups excluding carboxylic acids is 1. The van der Waals surface area contributed by atoms with Gasteiger partial charge in [0.2, 0.25) is 0 Å². The molecule has 0 saturated heterocycles. The molecule has 0 bridgehead atoms. The van der Waals surface area contributed by atoms with Gasteiger partial charge in [-0.3, -0.25) is 10.1 Å². The Morgan fingerprint density at radius 2 is 2.00 bits per heavy atom. The quantitative estimate of drug-likeness (QED) is 0.457. The second kappa shape index (κ2) is 8.01. The third-order valence-electron chi connectivity index (χ3n) is 4.93. The normalized spacial score (nSPS) is 13.4. The number of hydrogen-bond donors (Lipinski definition) is 1. The molecular weight excluding hydrogens is 418 g/mol. The van der Waals surface area contributed by atoms with Gasteiger partial charge >= 0.3 is 0 Å². The van der Waals surface area contributed by atoms with Crippen molar-refractivity contribution in [2.45, 2.75) is 25.2 Å². The Hall–Kier alpha value is -3.03. The molecule has 30 heavy (non-hydrogen) atoms. The van der Waals surface area contributed by atoms with Crippen LogP contribution in [0.1, 0.15) is 45.4 Å². The minimum absolute atomic E-state index is 0.275. The Morgan fingerprint density at radius 1 is 1.17 bits per heavy atom.